The Hall–Kier alpha value is -2.31. The molecule has 6 nitrogen and oxygen atoms in total. The number of rotatable bonds is 16. The van der Waals surface area contributed by atoms with Gasteiger partial charge in [-0.1, -0.05) is 122 Å². The molecule has 4 atom stereocenters. The lowest BCUT2D eigenvalue weighted by Gasteiger charge is -2.38. The smallest absolute Gasteiger partial charge is 0.312 e. The first-order valence-corrected chi connectivity index (χ1v) is 21.8. The van der Waals surface area contributed by atoms with Crippen molar-refractivity contribution in [3.8, 4) is 0 Å². The number of carbonyl (C=O) groups is 1. The molecule has 3 aromatic rings. The first kappa shape index (κ1) is 39.1. The van der Waals surface area contributed by atoms with Crippen molar-refractivity contribution in [2.75, 3.05) is 0 Å². The Bertz CT molecular complexity index is 1580. The van der Waals surface area contributed by atoms with E-state index in [1.54, 1.807) is 0 Å². The molecule has 3 aromatic carbocycles. The summed E-state index contributed by atoms with van der Waals surface area (Å²) >= 11 is 2.21. The molecule has 0 aromatic heterocycles. The Labute approximate surface area is 298 Å². The van der Waals surface area contributed by atoms with Gasteiger partial charge in [-0.3, -0.25) is 4.79 Å². The average Bonchev–Trinajstić information content (AvgIpc) is 3.06. The second-order valence-corrected chi connectivity index (χ2v) is 19.9. The summed E-state index contributed by atoms with van der Waals surface area (Å²) < 4.78 is 46.3. The van der Waals surface area contributed by atoms with Crippen LogP contribution < -0.4 is 0 Å². The molecular weight excluding hydrogens is 737 g/mol. The molecule has 0 aliphatic heterocycles. The fourth-order valence-corrected chi connectivity index (χ4v) is 11.7. The van der Waals surface area contributed by atoms with Gasteiger partial charge in [-0.2, -0.15) is 4.31 Å². The third kappa shape index (κ3) is 9.44. The first-order valence-electron chi connectivity index (χ1n) is 16.6. The lowest BCUT2D eigenvalue weighted by Crippen LogP contribution is -2.46. The lowest BCUT2D eigenvalue weighted by atomic mass is 9.98. The predicted octanol–water partition coefficient (Wildman–Crippen LogP) is 9.84. The van der Waals surface area contributed by atoms with E-state index in [-0.39, 0.29) is 11.4 Å². The van der Waals surface area contributed by atoms with Crippen LogP contribution in [0.25, 0.3) is 0 Å². The molecule has 0 heterocycles. The van der Waals surface area contributed by atoms with Crippen LogP contribution in [0.5, 0.6) is 0 Å². The predicted molar refractivity (Wildman–Crippen MR) is 204 cm³/mol. The van der Waals surface area contributed by atoms with Gasteiger partial charge in [0, 0.05) is 6.54 Å². The van der Waals surface area contributed by atoms with Crippen LogP contribution in [0.3, 0.4) is 0 Å². The van der Waals surface area contributed by atoms with Crippen molar-refractivity contribution in [3.63, 3.8) is 0 Å². The van der Waals surface area contributed by atoms with Gasteiger partial charge in [0.1, 0.15) is 6.10 Å². The van der Waals surface area contributed by atoms with E-state index in [4.69, 9.17) is 9.16 Å². The van der Waals surface area contributed by atoms with E-state index in [0.717, 1.165) is 40.4 Å². The summed E-state index contributed by atoms with van der Waals surface area (Å²) in [4.78, 5) is 14.5. The van der Waals surface area contributed by atoms with Crippen LogP contribution in [0.4, 0.5) is 0 Å². The van der Waals surface area contributed by atoms with E-state index >= 15 is 0 Å². The molecule has 0 aliphatic rings. The van der Waals surface area contributed by atoms with Crippen molar-refractivity contribution in [1.82, 2.24) is 4.31 Å². The van der Waals surface area contributed by atoms with Crippen LogP contribution in [0, 0.1) is 26.7 Å². The van der Waals surface area contributed by atoms with Crippen molar-refractivity contribution in [2.24, 2.45) is 5.92 Å². The monoisotopic (exact) mass is 789 g/mol. The second-order valence-electron chi connectivity index (χ2n) is 12.7. The summed E-state index contributed by atoms with van der Waals surface area (Å²) in [6.07, 6.45) is -1.30. The van der Waals surface area contributed by atoms with Crippen molar-refractivity contribution in [2.45, 2.75) is 110 Å². The maximum atomic E-state index is 14.7. The Morgan fingerprint density at radius 1 is 0.894 bits per heavy atom. The molecule has 0 bridgehead atoms. The molecule has 0 unspecified atom stereocenters. The van der Waals surface area contributed by atoms with Crippen LogP contribution in [-0.2, 0) is 30.5 Å². The number of ether oxygens (including phenoxy) is 1. The topological polar surface area (TPSA) is 72.9 Å². The van der Waals surface area contributed by atoms with Gasteiger partial charge in [-0.25, -0.2) is 8.42 Å². The van der Waals surface area contributed by atoms with Crippen LogP contribution >= 0.6 is 22.6 Å². The number of sulfonamides is 1. The van der Waals surface area contributed by atoms with E-state index in [9.17, 15) is 13.2 Å². The fraction of sp³-hybridized carbons (Fsp3) is 0.447. The number of halogens is 1. The van der Waals surface area contributed by atoms with Crippen LogP contribution in [0.2, 0.25) is 18.1 Å². The zero-order valence-corrected chi connectivity index (χ0v) is 33.4. The maximum absolute atomic E-state index is 14.7. The molecule has 0 aliphatic carbocycles. The molecule has 0 fully saturated rings. The summed E-state index contributed by atoms with van der Waals surface area (Å²) in [6, 6.07) is 24.9. The zero-order valence-electron chi connectivity index (χ0n) is 29.4. The van der Waals surface area contributed by atoms with Gasteiger partial charge < -0.3 is 9.16 Å². The largest absolute Gasteiger partial charge is 0.455 e. The number of hydrogen-bond acceptors (Lipinski definition) is 5. The number of nitrogens with zero attached hydrogens (tertiary/aromatic N) is 1. The van der Waals surface area contributed by atoms with E-state index in [1.165, 1.54) is 4.31 Å². The Kier molecular flexibility index (Phi) is 14.5. The Balaban J connectivity index is 2.12. The number of hydrogen-bond donors (Lipinski definition) is 0. The Morgan fingerprint density at radius 2 is 1.40 bits per heavy atom. The molecular formula is C38H52INO5SSi. The van der Waals surface area contributed by atoms with E-state index in [1.807, 2.05) is 118 Å². The molecule has 0 spiro atoms. The number of aryl methyl sites for hydroxylation is 3. The first-order chi connectivity index (χ1) is 22.2. The van der Waals surface area contributed by atoms with Crippen molar-refractivity contribution in [1.29, 1.82) is 0 Å². The highest BCUT2D eigenvalue weighted by Gasteiger charge is 2.41. The molecule has 3 rings (SSSR count). The zero-order chi connectivity index (χ0) is 34.9. The molecule has 0 saturated heterocycles. The quantitative estimate of drug-likeness (QED) is 0.0821. The Morgan fingerprint density at radius 3 is 1.89 bits per heavy atom. The van der Waals surface area contributed by atoms with Crippen molar-refractivity contribution >= 4 is 46.9 Å². The van der Waals surface area contributed by atoms with Crippen molar-refractivity contribution in [3.05, 3.63) is 110 Å². The van der Waals surface area contributed by atoms with Gasteiger partial charge in [0.25, 0.3) is 0 Å². The van der Waals surface area contributed by atoms with Crippen molar-refractivity contribution < 1.29 is 22.4 Å². The second kappa shape index (κ2) is 17.4. The lowest BCUT2D eigenvalue weighted by molar-refractivity contribution is -0.159. The normalized spacial score (nSPS) is 15.3. The standard InChI is InChI=1S/C38H52INO5SSi/c1-10-47(11-2,12-3)45-35(30(7)25-39)31(8)38(41)44-36(34-21-17-14-18-22-34)32(9)40(26-33-19-15-13-16-20-33)46(42,43)37-28(5)23-27(4)24-29(37)6/h13-25,31-32,35-36H,10-12,26H2,1-9H3/b30-25+/t31-,32+,35-,36+/m1/s1. The molecule has 0 radical (unpaired) electrons. The minimum absolute atomic E-state index is 0.119. The minimum Gasteiger partial charge on any atom is -0.455 e. The van der Waals surface area contributed by atoms with E-state index in [0.29, 0.717) is 11.1 Å². The summed E-state index contributed by atoms with van der Waals surface area (Å²) in [5.41, 5.74) is 4.92. The van der Waals surface area contributed by atoms with Gasteiger partial charge in [0.05, 0.1) is 23.0 Å². The molecule has 256 valence electrons. The molecule has 0 amide bonds. The van der Waals surface area contributed by atoms with Gasteiger partial charge in [0.2, 0.25) is 10.0 Å². The van der Waals surface area contributed by atoms with Crippen LogP contribution in [-0.4, -0.2) is 39.2 Å². The number of carbonyl (C=O) groups excluding carboxylic acids is 1. The summed E-state index contributed by atoms with van der Waals surface area (Å²) in [7, 11) is -6.11. The number of esters is 1. The highest BCUT2D eigenvalue weighted by atomic mass is 127. The third-order valence-electron chi connectivity index (χ3n) is 9.37. The third-order valence-corrected chi connectivity index (χ3v) is 17.2. The van der Waals surface area contributed by atoms with E-state index in [2.05, 4.69) is 43.4 Å². The van der Waals surface area contributed by atoms with Gasteiger partial charge >= 0.3 is 5.97 Å². The van der Waals surface area contributed by atoms with Crippen LogP contribution in [0.1, 0.15) is 75.5 Å². The van der Waals surface area contributed by atoms with Gasteiger partial charge in [-0.15, -0.1) is 0 Å². The summed E-state index contributed by atoms with van der Waals surface area (Å²) in [5.74, 6) is -1.02. The molecule has 47 heavy (non-hydrogen) atoms. The highest BCUT2D eigenvalue weighted by molar-refractivity contribution is 14.1. The van der Waals surface area contributed by atoms with Gasteiger partial charge in [-0.05, 0) is 91.6 Å². The van der Waals surface area contributed by atoms with E-state index < -0.39 is 48.5 Å². The molecule has 0 saturated carbocycles. The summed E-state index contributed by atoms with van der Waals surface area (Å²) in [6.45, 7) is 18.0. The van der Waals surface area contributed by atoms with Crippen LogP contribution in [0.15, 0.2) is 87.3 Å². The molecule has 0 N–H and O–H groups in total. The maximum Gasteiger partial charge on any atom is 0.312 e. The fourth-order valence-electron chi connectivity index (χ4n) is 6.42. The minimum atomic E-state index is -4.04. The van der Waals surface area contributed by atoms with Gasteiger partial charge in [0.15, 0.2) is 8.32 Å². The number of benzene rings is 3. The highest BCUT2D eigenvalue weighted by Crippen LogP contribution is 2.36. The molecule has 9 heteroatoms. The average molecular weight is 790 g/mol. The summed E-state index contributed by atoms with van der Waals surface area (Å²) in [5, 5.41) is 0. The SMILES string of the molecule is CC[Si](CC)(CC)O[C@H](/C(C)=C/I)[C@@H](C)C(=O)O[C@H](c1ccccc1)[C@H](C)N(Cc1ccccc1)S(=O)(=O)c1c(C)cc(C)cc1C.